The Morgan fingerprint density at radius 2 is 1.75 bits per heavy atom. The number of thioether (sulfide) groups is 1. The summed E-state index contributed by atoms with van der Waals surface area (Å²) in [5.74, 6) is -0.494. The number of carbonyl (C=O) groups is 4. The minimum absolute atomic E-state index is 0.0366. The molecule has 0 saturated carbocycles. The summed E-state index contributed by atoms with van der Waals surface area (Å²) >= 11 is 2.61. The molecular weight excluding hydrogens is 739 g/mol. The number of ether oxygens (including phenoxy) is 3. The van der Waals surface area contributed by atoms with Crippen molar-refractivity contribution in [1.82, 2.24) is 10.2 Å². The summed E-state index contributed by atoms with van der Waals surface area (Å²) in [6.45, 7) is 8.04. The second-order valence-electron chi connectivity index (χ2n) is 13.4. The van der Waals surface area contributed by atoms with Gasteiger partial charge in [0, 0.05) is 33.1 Å². The zero-order valence-corrected chi connectivity index (χ0v) is 33.1. The van der Waals surface area contributed by atoms with Crippen molar-refractivity contribution in [3.8, 4) is 17.6 Å². The van der Waals surface area contributed by atoms with Crippen molar-refractivity contribution in [2.24, 2.45) is 0 Å². The molecule has 1 aliphatic rings. The Kier molecular flexibility index (Phi) is 13.2. The Bertz CT molecular complexity index is 2140. The van der Waals surface area contributed by atoms with Gasteiger partial charge in [0.1, 0.15) is 22.4 Å². The largest absolute Gasteiger partial charge is 0.493 e. The molecule has 0 bridgehead atoms. The van der Waals surface area contributed by atoms with Crippen LogP contribution in [-0.2, 0) is 27.3 Å². The zero-order valence-electron chi connectivity index (χ0n) is 31.5. The number of methoxy groups -OCH3 is 2. The average molecular weight is 782 g/mol. The molecule has 5 rings (SSSR count). The smallest absolute Gasteiger partial charge is 0.410 e. The van der Waals surface area contributed by atoms with Crippen LogP contribution in [0.4, 0.5) is 15.5 Å². The van der Waals surface area contributed by atoms with Gasteiger partial charge in [-0.2, -0.15) is 5.26 Å². The molecule has 1 aliphatic heterocycles. The van der Waals surface area contributed by atoms with E-state index in [2.05, 4.69) is 22.0 Å². The lowest BCUT2D eigenvalue weighted by Gasteiger charge is -2.29. The normalized spacial score (nSPS) is 13.1. The Balaban J connectivity index is 1.31. The molecule has 0 radical (unpaired) electrons. The van der Waals surface area contributed by atoms with Gasteiger partial charge in [0.2, 0.25) is 5.91 Å². The molecule has 3 N–H and O–H groups in total. The molecule has 55 heavy (non-hydrogen) atoms. The number of nitrogens with one attached hydrogen (secondary N) is 3. The second-order valence-corrected chi connectivity index (χ2v) is 15.8. The molecule has 1 atom stereocenters. The first-order chi connectivity index (χ1) is 26.3. The lowest BCUT2D eigenvalue weighted by molar-refractivity contribution is -0.116. The molecule has 14 heteroatoms. The van der Waals surface area contributed by atoms with Crippen LogP contribution in [0.2, 0.25) is 0 Å². The van der Waals surface area contributed by atoms with Crippen molar-refractivity contribution in [3.05, 3.63) is 106 Å². The van der Waals surface area contributed by atoms with E-state index in [0.717, 1.165) is 10.4 Å². The van der Waals surface area contributed by atoms with Crippen LogP contribution in [0.3, 0.4) is 0 Å². The maximum absolute atomic E-state index is 13.8. The Morgan fingerprint density at radius 3 is 2.42 bits per heavy atom. The third-order valence-corrected chi connectivity index (χ3v) is 10.8. The molecule has 1 unspecified atom stereocenters. The first-order valence-corrected chi connectivity index (χ1v) is 19.2. The molecule has 0 saturated heterocycles. The van der Waals surface area contributed by atoms with Gasteiger partial charge in [0.15, 0.2) is 11.5 Å². The van der Waals surface area contributed by atoms with E-state index in [4.69, 9.17) is 14.2 Å². The van der Waals surface area contributed by atoms with Gasteiger partial charge in [-0.25, -0.2) is 4.79 Å². The number of rotatable bonds is 12. The summed E-state index contributed by atoms with van der Waals surface area (Å²) < 4.78 is 16.5. The molecule has 0 aliphatic carbocycles. The monoisotopic (exact) mass is 781 g/mol. The zero-order chi connectivity index (χ0) is 39.7. The number of hydrogen-bond acceptors (Lipinski definition) is 10. The van der Waals surface area contributed by atoms with Gasteiger partial charge in [0.05, 0.1) is 31.6 Å². The molecule has 12 nitrogen and oxygen atoms in total. The van der Waals surface area contributed by atoms with Gasteiger partial charge in [-0.05, 0) is 81.7 Å². The summed E-state index contributed by atoms with van der Waals surface area (Å²) in [6, 6.07) is 23.1. The van der Waals surface area contributed by atoms with Crippen molar-refractivity contribution < 1.29 is 33.4 Å². The van der Waals surface area contributed by atoms with E-state index >= 15 is 0 Å². The third kappa shape index (κ3) is 10.3. The van der Waals surface area contributed by atoms with E-state index in [0.29, 0.717) is 69.7 Å². The fraction of sp³-hybridized carbons (Fsp3) is 0.293. The minimum Gasteiger partial charge on any atom is -0.493 e. The fourth-order valence-electron chi connectivity index (χ4n) is 5.74. The summed E-state index contributed by atoms with van der Waals surface area (Å²) in [5, 5.41) is 18.5. The van der Waals surface area contributed by atoms with Crippen LogP contribution in [0.5, 0.6) is 11.5 Å². The Hall–Kier alpha value is -5.78. The quantitative estimate of drug-likeness (QED) is 0.0962. The van der Waals surface area contributed by atoms with Gasteiger partial charge in [-0.1, -0.05) is 43.3 Å². The van der Waals surface area contributed by atoms with Gasteiger partial charge in [-0.15, -0.1) is 23.1 Å². The second kappa shape index (κ2) is 18.0. The fourth-order valence-corrected chi connectivity index (χ4v) is 7.97. The summed E-state index contributed by atoms with van der Waals surface area (Å²) in [7, 11) is 3.00. The van der Waals surface area contributed by atoms with Crippen LogP contribution in [0.15, 0.2) is 83.4 Å². The number of carbonyl (C=O) groups excluding carboxylic acids is 4. The third-order valence-electron chi connectivity index (χ3n) is 8.35. The van der Waals surface area contributed by atoms with E-state index in [1.807, 2.05) is 33.8 Å². The highest BCUT2D eigenvalue weighted by molar-refractivity contribution is 8.00. The van der Waals surface area contributed by atoms with E-state index in [1.165, 1.54) is 43.4 Å². The van der Waals surface area contributed by atoms with Gasteiger partial charge < -0.3 is 35.1 Å². The molecule has 4 amide bonds. The first kappa shape index (κ1) is 40.4. The standard InChI is InChI=1S/C41H43N5O7S2/c1-7-33(38(49)45-39-30(23-42)29-19-20-46(24-34(29)55-39)40(50)53-41(2,3)4)54-28-17-12-16-27(22-28)43-37(48)31(44-36(47)25-13-9-8-10-14-25)21-26-15-11-18-32(51-5)35(26)52-6/h8-18,21-22,33H,7,19-20,24H2,1-6H3,(H,43,48)(H,44,47)(H,45,49)/b31-21+. The Labute approximate surface area is 328 Å². The maximum atomic E-state index is 13.8. The first-order valence-electron chi connectivity index (χ1n) is 17.5. The van der Waals surface area contributed by atoms with Crippen LogP contribution < -0.4 is 25.4 Å². The average Bonchev–Trinajstić information content (AvgIpc) is 3.52. The summed E-state index contributed by atoms with van der Waals surface area (Å²) in [5.41, 5.74) is 1.90. The van der Waals surface area contributed by atoms with E-state index in [1.54, 1.807) is 71.6 Å². The van der Waals surface area contributed by atoms with Crippen LogP contribution in [0.25, 0.3) is 6.08 Å². The molecule has 4 aromatic rings. The van der Waals surface area contributed by atoms with Gasteiger partial charge in [-0.3, -0.25) is 14.4 Å². The van der Waals surface area contributed by atoms with Crippen LogP contribution in [-0.4, -0.2) is 60.3 Å². The number of nitriles is 1. The van der Waals surface area contributed by atoms with Crippen molar-refractivity contribution in [1.29, 1.82) is 5.26 Å². The van der Waals surface area contributed by atoms with E-state index in [-0.39, 0.29) is 11.6 Å². The molecule has 0 fully saturated rings. The predicted octanol–water partition coefficient (Wildman–Crippen LogP) is 7.85. The van der Waals surface area contributed by atoms with Gasteiger partial charge in [0.25, 0.3) is 11.8 Å². The minimum atomic E-state index is -0.631. The van der Waals surface area contributed by atoms with Crippen molar-refractivity contribution in [2.75, 3.05) is 31.4 Å². The van der Waals surface area contributed by atoms with E-state index < -0.39 is 28.8 Å². The number of nitrogens with zero attached hydrogens (tertiary/aromatic N) is 2. The van der Waals surface area contributed by atoms with Gasteiger partial charge >= 0.3 is 6.09 Å². The van der Waals surface area contributed by atoms with Crippen LogP contribution in [0.1, 0.15) is 66.0 Å². The number of fused-ring (bicyclic) bond motifs is 1. The number of hydrogen-bond donors (Lipinski definition) is 3. The number of anilines is 2. The summed E-state index contributed by atoms with van der Waals surface area (Å²) in [6.07, 6.45) is 2.06. The number of benzene rings is 3. The number of amides is 4. The molecular formula is C41H43N5O7S2. The van der Waals surface area contributed by atoms with Crippen molar-refractivity contribution >= 4 is 63.7 Å². The van der Waals surface area contributed by atoms with Crippen LogP contribution in [0, 0.1) is 11.3 Å². The lowest BCUT2D eigenvalue weighted by atomic mass is 10.0. The summed E-state index contributed by atoms with van der Waals surface area (Å²) in [4.78, 5) is 56.5. The highest BCUT2D eigenvalue weighted by Gasteiger charge is 2.31. The predicted molar refractivity (Wildman–Crippen MR) is 214 cm³/mol. The Morgan fingerprint density at radius 1 is 1.00 bits per heavy atom. The number of para-hydroxylation sites is 1. The molecule has 3 aromatic carbocycles. The SMILES string of the molecule is CCC(Sc1cccc(NC(=O)/C(=C\c2cccc(OC)c2OC)NC(=O)c2ccccc2)c1)C(=O)Nc1sc2c(c1C#N)CCN(C(=O)OC(C)(C)C)C2. The van der Waals surface area contributed by atoms with Crippen LogP contribution >= 0.6 is 23.1 Å². The highest BCUT2D eigenvalue weighted by atomic mass is 32.2. The topological polar surface area (TPSA) is 159 Å². The van der Waals surface area contributed by atoms with Crippen molar-refractivity contribution in [3.63, 3.8) is 0 Å². The molecule has 286 valence electrons. The lowest BCUT2D eigenvalue weighted by Crippen LogP contribution is -2.39. The van der Waals surface area contributed by atoms with Crippen molar-refractivity contribution in [2.45, 2.75) is 62.8 Å². The molecule has 1 aromatic heterocycles. The molecule has 2 heterocycles. The number of thiophene rings is 1. The highest BCUT2D eigenvalue weighted by Crippen LogP contribution is 2.38. The van der Waals surface area contributed by atoms with E-state index in [9.17, 15) is 24.4 Å². The maximum Gasteiger partial charge on any atom is 0.410 e. The molecule has 0 spiro atoms.